The van der Waals surface area contributed by atoms with Gasteiger partial charge in [-0.15, -0.1) is 0 Å². The minimum absolute atomic E-state index is 0.00188. The van der Waals surface area contributed by atoms with Crippen LogP contribution in [0.2, 0.25) is 0 Å². The molecule has 0 radical (unpaired) electrons. The van der Waals surface area contributed by atoms with Crippen LogP contribution in [-0.2, 0) is 22.5 Å². The van der Waals surface area contributed by atoms with E-state index in [0.29, 0.717) is 12.3 Å². The number of nitrogens with zero attached hydrogens (tertiary/aromatic N) is 2. The average Bonchev–Trinajstić information content (AvgIpc) is 3.13. The van der Waals surface area contributed by atoms with E-state index in [0.717, 1.165) is 26.1 Å². The van der Waals surface area contributed by atoms with Gasteiger partial charge < -0.3 is 14.6 Å². The Hall–Kier alpha value is -2.18. The number of ether oxygens (including phenoxy) is 1. The number of nitrogens with one attached hydrogen (secondary N) is 1. The fourth-order valence-electron chi connectivity index (χ4n) is 3.17. The molecule has 1 fully saturated rings. The van der Waals surface area contributed by atoms with E-state index < -0.39 is 0 Å². The zero-order valence-electron chi connectivity index (χ0n) is 14.6. The lowest BCUT2D eigenvalue weighted by Crippen LogP contribution is -2.53. The summed E-state index contributed by atoms with van der Waals surface area (Å²) < 4.78 is 10.7. The molecular weight excluding hydrogens is 318 g/mol. The van der Waals surface area contributed by atoms with Crippen LogP contribution < -0.4 is 5.32 Å². The van der Waals surface area contributed by atoms with Crippen LogP contribution in [0.3, 0.4) is 0 Å². The number of morpholine rings is 1. The summed E-state index contributed by atoms with van der Waals surface area (Å²) in [6.07, 6.45) is 2.54. The Morgan fingerprint density at radius 1 is 1.36 bits per heavy atom. The molecule has 6 heteroatoms. The molecule has 6 nitrogen and oxygen atoms in total. The molecule has 25 heavy (non-hydrogen) atoms. The summed E-state index contributed by atoms with van der Waals surface area (Å²) in [5.41, 5.74) is 1.94. The topological polar surface area (TPSA) is 67.6 Å². The maximum atomic E-state index is 12.2. The van der Waals surface area contributed by atoms with Crippen LogP contribution in [0, 0.1) is 0 Å². The van der Waals surface area contributed by atoms with E-state index in [-0.39, 0.29) is 24.5 Å². The Morgan fingerprint density at radius 3 is 2.92 bits per heavy atom. The lowest BCUT2D eigenvalue weighted by molar-refractivity contribution is -0.123. The fourth-order valence-corrected chi connectivity index (χ4v) is 3.17. The Morgan fingerprint density at radius 2 is 2.20 bits per heavy atom. The maximum absolute atomic E-state index is 12.2. The van der Waals surface area contributed by atoms with Gasteiger partial charge in [0.1, 0.15) is 6.26 Å². The molecule has 3 rings (SSSR count). The fraction of sp³-hybridized carbons (Fsp3) is 0.474. The van der Waals surface area contributed by atoms with Crippen LogP contribution in [0.15, 0.2) is 47.2 Å². The molecule has 2 unspecified atom stereocenters. The lowest BCUT2D eigenvalue weighted by Gasteiger charge is -2.37. The van der Waals surface area contributed by atoms with Crippen molar-refractivity contribution in [3.63, 3.8) is 0 Å². The van der Waals surface area contributed by atoms with Crippen molar-refractivity contribution in [2.75, 3.05) is 19.7 Å². The highest BCUT2D eigenvalue weighted by Crippen LogP contribution is 2.14. The molecule has 0 aliphatic carbocycles. The Kier molecular flexibility index (Phi) is 6.19. The summed E-state index contributed by atoms with van der Waals surface area (Å²) in [7, 11) is 0. The largest absolute Gasteiger partial charge is 0.373 e. The van der Waals surface area contributed by atoms with Crippen molar-refractivity contribution in [3.05, 3.63) is 53.9 Å². The zero-order valence-corrected chi connectivity index (χ0v) is 14.6. The SMILES string of the molecule is CCC(NC(=O)Cc1ccon1)C1CN(Cc2ccccc2)CCO1. The maximum Gasteiger partial charge on any atom is 0.226 e. The van der Waals surface area contributed by atoms with Crippen molar-refractivity contribution in [2.45, 2.75) is 38.5 Å². The van der Waals surface area contributed by atoms with Gasteiger partial charge in [-0.25, -0.2) is 0 Å². The first-order valence-corrected chi connectivity index (χ1v) is 8.81. The third-order valence-corrected chi connectivity index (χ3v) is 4.49. The van der Waals surface area contributed by atoms with Gasteiger partial charge in [-0.3, -0.25) is 9.69 Å². The highest BCUT2D eigenvalue weighted by atomic mass is 16.5. The molecule has 1 aromatic heterocycles. The number of rotatable bonds is 7. The van der Waals surface area contributed by atoms with Crippen molar-refractivity contribution < 1.29 is 14.1 Å². The number of benzene rings is 1. The normalized spacial score (nSPS) is 19.5. The second-order valence-electron chi connectivity index (χ2n) is 6.38. The molecule has 134 valence electrons. The molecule has 1 aromatic carbocycles. The van der Waals surface area contributed by atoms with E-state index in [1.807, 2.05) is 6.07 Å². The van der Waals surface area contributed by atoms with Gasteiger partial charge in [-0.2, -0.15) is 0 Å². The van der Waals surface area contributed by atoms with E-state index in [1.54, 1.807) is 6.07 Å². The van der Waals surface area contributed by atoms with E-state index in [2.05, 4.69) is 46.6 Å². The summed E-state index contributed by atoms with van der Waals surface area (Å²) in [6.45, 7) is 5.39. The highest BCUT2D eigenvalue weighted by Gasteiger charge is 2.28. The molecule has 1 N–H and O–H groups in total. The smallest absolute Gasteiger partial charge is 0.226 e. The van der Waals surface area contributed by atoms with Crippen LogP contribution >= 0.6 is 0 Å². The molecular formula is C19H25N3O3. The molecule has 1 aliphatic rings. The number of aromatic nitrogens is 1. The number of carbonyl (C=O) groups excluding carboxylic acids is 1. The number of hydrogen-bond donors (Lipinski definition) is 1. The molecule has 0 spiro atoms. The van der Waals surface area contributed by atoms with Crippen molar-refractivity contribution in [1.29, 1.82) is 0 Å². The monoisotopic (exact) mass is 343 g/mol. The number of amides is 1. The van der Waals surface area contributed by atoms with Crippen LogP contribution in [0.4, 0.5) is 0 Å². The minimum Gasteiger partial charge on any atom is -0.373 e. The third kappa shape index (κ3) is 5.14. The van der Waals surface area contributed by atoms with Gasteiger partial charge in [0, 0.05) is 25.7 Å². The molecule has 1 saturated heterocycles. The van der Waals surface area contributed by atoms with Gasteiger partial charge in [0.15, 0.2) is 0 Å². The van der Waals surface area contributed by atoms with Gasteiger partial charge in [0.2, 0.25) is 5.91 Å². The van der Waals surface area contributed by atoms with Crippen LogP contribution in [0.1, 0.15) is 24.6 Å². The first-order chi connectivity index (χ1) is 12.2. The van der Waals surface area contributed by atoms with Crippen molar-refractivity contribution in [1.82, 2.24) is 15.4 Å². The van der Waals surface area contributed by atoms with Gasteiger partial charge >= 0.3 is 0 Å². The third-order valence-electron chi connectivity index (χ3n) is 4.49. The predicted octanol–water partition coefficient (Wildman–Crippen LogP) is 2.01. The van der Waals surface area contributed by atoms with E-state index in [1.165, 1.54) is 11.8 Å². The van der Waals surface area contributed by atoms with Crippen molar-refractivity contribution in [2.24, 2.45) is 0 Å². The summed E-state index contributed by atoms with van der Waals surface area (Å²) in [5.74, 6) is -0.0514. The zero-order chi connectivity index (χ0) is 17.5. The molecule has 0 saturated carbocycles. The molecule has 1 amide bonds. The van der Waals surface area contributed by atoms with Gasteiger partial charge in [-0.1, -0.05) is 42.4 Å². The number of carbonyl (C=O) groups is 1. The van der Waals surface area contributed by atoms with Crippen molar-refractivity contribution >= 4 is 5.91 Å². The Bertz CT molecular complexity index is 645. The highest BCUT2D eigenvalue weighted by molar-refractivity contribution is 5.78. The molecule has 2 heterocycles. The van der Waals surface area contributed by atoms with Crippen LogP contribution in [-0.4, -0.2) is 47.8 Å². The predicted molar refractivity (Wildman–Crippen MR) is 93.9 cm³/mol. The lowest BCUT2D eigenvalue weighted by atomic mass is 10.1. The summed E-state index contributed by atoms with van der Waals surface area (Å²) >= 11 is 0. The second-order valence-corrected chi connectivity index (χ2v) is 6.38. The van der Waals surface area contributed by atoms with Crippen LogP contribution in [0.25, 0.3) is 0 Å². The molecule has 1 aliphatic heterocycles. The first kappa shape index (κ1) is 17.6. The molecule has 0 bridgehead atoms. The van der Waals surface area contributed by atoms with E-state index in [4.69, 9.17) is 9.26 Å². The minimum atomic E-state index is -0.0514. The van der Waals surface area contributed by atoms with E-state index in [9.17, 15) is 4.79 Å². The van der Waals surface area contributed by atoms with Gasteiger partial charge in [-0.05, 0) is 12.0 Å². The summed E-state index contributed by atoms with van der Waals surface area (Å²) in [6, 6.07) is 12.1. The summed E-state index contributed by atoms with van der Waals surface area (Å²) in [4.78, 5) is 14.6. The second kappa shape index (κ2) is 8.78. The Balaban J connectivity index is 1.53. The quantitative estimate of drug-likeness (QED) is 0.833. The van der Waals surface area contributed by atoms with Crippen LogP contribution in [0.5, 0.6) is 0 Å². The Labute approximate surface area is 148 Å². The standard InChI is InChI=1S/C19H25N3O3/c1-2-17(20-19(23)12-16-8-10-25-21-16)18-14-22(9-11-24-18)13-15-6-4-3-5-7-15/h3-8,10,17-18H,2,9,11-14H2,1H3,(H,20,23). The number of hydrogen-bond acceptors (Lipinski definition) is 5. The molecule has 2 atom stereocenters. The summed E-state index contributed by atoms with van der Waals surface area (Å²) in [5, 5.41) is 6.87. The first-order valence-electron chi connectivity index (χ1n) is 8.81. The van der Waals surface area contributed by atoms with Gasteiger partial charge in [0.25, 0.3) is 0 Å². The van der Waals surface area contributed by atoms with Crippen molar-refractivity contribution in [3.8, 4) is 0 Å². The average molecular weight is 343 g/mol. The molecule has 2 aromatic rings. The van der Waals surface area contributed by atoms with Gasteiger partial charge in [0.05, 0.1) is 30.9 Å². The van der Waals surface area contributed by atoms with E-state index >= 15 is 0 Å².